The van der Waals surface area contributed by atoms with E-state index in [1.165, 1.54) is 11.1 Å². The highest BCUT2D eigenvalue weighted by molar-refractivity contribution is 5.94. The van der Waals surface area contributed by atoms with E-state index in [1.807, 2.05) is 54.6 Å². The first-order valence-electron chi connectivity index (χ1n) is 9.04. The number of hydrogen-bond acceptors (Lipinski definition) is 2. The molecule has 3 aromatic rings. The van der Waals surface area contributed by atoms with Crippen LogP contribution in [0.5, 0.6) is 5.75 Å². The minimum Gasteiger partial charge on any atom is -0.497 e. The highest BCUT2D eigenvalue weighted by atomic mass is 16.5. The molecule has 3 aromatic carbocycles. The summed E-state index contributed by atoms with van der Waals surface area (Å²) >= 11 is 0. The quantitative estimate of drug-likeness (QED) is 0.677. The fraction of sp³-hybridized carbons (Fsp3) is 0.174. The Bertz CT molecular complexity index is 876. The van der Waals surface area contributed by atoms with Gasteiger partial charge in [-0.15, -0.1) is 0 Å². The van der Waals surface area contributed by atoms with Crippen LogP contribution in [0.25, 0.3) is 0 Å². The number of anilines is 1. The van der Waals surface area contributed by atoms with Crippen molar-refractivity contribution in [2.24, 2.45) is 0 Å². The first-order valence-corrected chi connectivity index (χ1v) is 9.04. The number of nitrogens with one attached hydrogen (secondary N) is 1. The van der Waals surface area contributed by atoms with Gasteiger partial charge in [-0.2, -0.15) is 0 Å². The van der Waals surface area contributed by atoms with Crippen molar-refractivity contribution < 1.29 is 14.8 Å². The average Bonchev–Trinajstić information content (AvgIpc) is 2.70. The van der Waals surface area contributed by atoms with Gasteiger partial charge in [0.25, 0.3) is 5.91 Å². The zero-order chi connectivity index (χ0) is 19.1. The number of ether oxygens (including phenoxy) is 1. The molecule has 0 aliphatic heterocycles. The van der Waals surface area contributed by atoms with E-state index in [-0.39, 0.29) is 11.9 Å². The summed E-state index contributed by atoms with van der Waals surface area (Å²) in [6.07, 6.45) is 0. The summed E-state index contributed by atoms with van der Waals surface area (Å²) in [6, 6.07) is 25.3. The van der Waals surface area contributed by atoms with Gasteiger partial charge in [0.2, 0.25) is 0 Å². The SMILES string of the molecule is COc1cccc(NC(=O)[C@H]([NH2+]Cc2ccc(C)cc2)c2ccccc2)c1. The van der Waals surface area contributed by atoms with Crippen molar-refractivity contribution in [3.05, 3.63) is 95.6 Å². The third-order valence-electron chi connectivity index (χ3n) is 4.49. The van der Waals surface area contributed by atoms with Crippen LogP contribution in [0.1, 0.15) is 22.7 Å². The molecule has 0 saturated carbocycles. The van der Waals surface area contributed by atoms with E-state index >= 15 is 0 Å². The second kappa shape index (κ2) is 9.01. The Labute approximate surface area is 160 Å². The number of nitrogens with two attached hydrogens (primary N) is 1. The third-order valence-corrected chi connectivity index (χ3v) is 4.49. The molecule has 0 heterocycles. The number of benzene rings is 3. The summed E-state index contributed by atoms with van der Waals surface area (Å²) in [7, 11) is 1.61. The lowest BCUT2D eigenvalue weighted by Gasteiger charge is -2.16. The Kier molecular flexibility index (Phi) is 6.23. The Morgan fingerprint density at radius 3 is 2.44 bits per heavy atom. The lowest BCUT2D eigenvalue weighted by molar-refractivity contribution is -0.697. The van der Waals surface area contributed by atoms with Crippen molar-refractivity contribution in [2.45, 2.75) is 19.5 Å². The van der Waals surface area contributed by atoms with E-state index < -0.39 is 0 Å². The Morgan fingerprint density at radius 2 is 1.74 bits per heavy atom. The van der Waals surface area contributed by atoms with E-state index in [1.54, 1.807) is 7.11 Å². The van der Waals surface area contributed by atoms with E-state index in [2.05, 4.69) is 41.8 Å². The van der Waals surface area contributed by atoms with E-state index in [9.17, 15) is 4.79 Å². The van der Waals surface area contributed by atoms with Crippen LogP contribution in [0.2, 0.25) is 0 Å². The molecule has 3 N–H and O–H groups in total. The fourth-order valence-electron chi connectivity index (χ4n) is 2.95. The van der Waals surface area contributed by atoms with Gasteiger partial charge in [-0.25, -0.2) is 0 Å². The van der Waals surface area contributed by atoms with Crippen LogP contribution in [-0.4, -0.2) is 13.0 Å². The van der Waals surface area contributed by atoms with Gasteiger partial charge in [0.05, 0.1) is 7.11 Å². The fourth-order valence-corrected chi connectivity index (χ4v) is 2.95. The molecule has 1 atom stereocenters. The van der Waals surface area contributed by atoms with E-state index in [0.717, 1.165) is 17.8 Å². The smallest absolute Gasteiger partial charge is 0.287 e. The van der Waals surface area contributed by atoms with Gasteiger partial charge < -0.3 is 15.4 Å². The Morgan fingerprint density at radius 1 is 1.00 bits per heavy atom. The van der Waals surface area contributed by atoms with Gasteiger partial charge in [-0.05, 0) is 19.1 Å². The van der Waals surface area contributed by atoms with Gasteiger partial charge in [0.1, 0.15) is 12.3 Å². The van der Waals surface area contributed by atoms with Crippen molar-refractivity contribution in [1.29, 1.82) is 0 Å². The number of amides is 1. The first-order chi connectivity index (χ1) is 13.2. The molecule has 0 bridgehead atoms. The largest absolute Gasteiger partial charge is 0.497 e. The summed E-state index contributed by atoms with van der Waals surface area (Å²) in [6.45, 7) is 2.80. The number of rotatable bonds is 7. The molecule has 0 fully saturated rings. The van der Waals surface area contributed by atoms with Crippen LogP contribution in [0.3, 0.4) is 0 Å². The van der Waals surface area contributed by atoms with Crippen LogP contribution in [-0.2, 0) is 11.3 Å². The van der Waals surface area contributed by atoms with Gasteiger partial charge >= 0.3 is 0 Å². The van der Waals surface area contributed by atoms with Crippen LogP contribution in [0.15, 0.2) is 78.9 Å². The molecule has 0 unspecified atom stereocenters. The Balaban J connectivity index is 1.76. The maximum absolute atomic E-state index is 13.0. The molecule has 4 nitrogen and oxygen atoms in total. The molecule has 3 rings (SSSR count). The molecule has 0 saturated heterocycles. The van der Waals surface area contributed by atoms with Gasteiger partial charge in [-0.3, -0.25) is 4.79 Å². The van der Waals surface area contributed by atoms with Crippen molar-refractivity contribution in [3.8, 4) is 5.75 Å². The Hall–Kier alpha value is -3.11. The average molecular weight is 361 g/mol. The molecular formula is C23H25N2O2+. The molecule has 0 aromatic heterocycles. The zero-order valence-electron chi connectivity index (χ0n) is 15.7. The molecule has 0 spiro atoms. The molecule has 0 aliphatic carbocycles. The summed E-state index contributed by atoms with van der Waals surface area (Å²) in [4.78, 5) is 13.0. The summed E-state index contributed by atoms with van der Waals surface area (Å²) < 4.78 is 5.24. The predicted molar refractivity (Wildman–Crippen MR) is 108 cm³/mol. The number of carbonyl (C=O) groups is 1. The summed E-state index contributed by atoms with van der Waals surface area (Å²) in [5.74, 6) is 0.661. The maximum atomic E-state index is 13.0. The topological polar surface area (TPSA) is 54.9 Å². The lowest BCUT2D eigenvalue weighted by atomic mass is 10.1. The molecule has 1 amide bonds. The van der Waals surface area contributed by atoms with Gasteiger partial charge in [0.15, 0.2) is 6.04 Å². The number of methoxy groups -OCH3 is 1. The van der Waals surface area contributed by atoms with Crippen LogP contribution in [0.4, 0.5) is 5.69 Å². The highest BCUT2D eigenvalue weighted by Crippen LogP contribution is 2.18. The monoisotopic (exact) mass is 361 g/mol. The van der Waals surface area contributed by atoms with Crippen molar-refractivity contribution >= 4 is 11.6 Å². The minimum absolute atomic E-state index is 0.0541. The van der Waals surface area contributed by atoms with E-state index in [4.69, 9.17) is 4.74 Å². The number of hydrogen-bond donors (Lipinski definition) is 2. The van der Waals surface area contributed by atoms with Crippen LogP contribution < -0.4 is 15.4 Å². The number of aryl methyl sites for hydroxylation is 1. The van der Waals surface area contributed by atoms with Crippen LogP contribution in [0, 0.1) is 6.92 Å². The summed E-state index contributed by atoms with van der Waals surface area (Å²) in [5.41, 5.74) is 4.12. The first kappa shape index (κ1) is 18.7. The number of carbonyl (C=O) groups excluding carboxylic acids is 1. The van der Waals surface area contributed by atoms with Gasteiger partial charge in [-0.1, -0.05) is 66.2 Å². The molecule has 0 radical (unpaired) electrons. The number of quaternary nitrogens is 1. The molecule has 4 heteroatoms. The maximum Gasteiger partial charge on any atom is 0.287 e. The van der Waals surface area contributed by atoms with Crippen LogP contribution >= 0.6 is 0 Å². The van der Waals surface area contributed by atoms with Crippen molar-refractivity contribution in [3.63, 3.8) is 0 Å². The third kappa shape index (κ3) is 5.19. The normalized spacial score (nSPS) is 11.6. The van der Waals surface area contributed by atoms with Gasteiger partial charge in [0, 0.05) is 22.9 Å². The molecule has 0 aliphatic rings. The minimum atomic E-state index is -0.335. The highest BCUT2D eigenvalue weighted by Gasteiger charge is 2.24. The zero-order valence-corrected chi connectivity index (χ0v) is 15.7. The van der Waals surface area contributed by atoms with E-state index in [0.29, 0.717) is 5.75 Å². The summed E-state index contributed by atoms with van der Waals surface area (Å²) in [5, 5.41) is 5.08. The predicted octanol–water partition coefficient (Wildman–Crippen LogP) is 3.45. The standard InChI is InChI=1S/C23H24N2O2/c1-17-11-13-18(14-12-17)16-24-22(19-7-4-3-5-8-19)23(26)25-20-9-6-10-21(15-20)27-2/h3-15,22,24H,16H2,1-2H3,(H,25,26)/p+1/t22-/m1/s1. The van der Waals surface area contributed by atoms with Crippen molar-refractivity contribution in [1.82, 2.24) is 0 Å². The molecule has 27 heavy (non-hydrogen) atoms. The second-order valence-electron chi connectivity index (χ2n) is 6.53. The lowest BCUT2D eigenvalue weighted by Crippen LogP contribution is -2.85. The second-order valence-corrected chi connectivity index (χ2v) is 6.53. The molecule has 138 valence electrons. The van der Waals surface area contributed by atoms with Crippen molar-refractivity contribution in [2.75, 3.05) is 12.4 Å². The molecular weight excluding hydrogens is 336 g/mol.